The van der Waals surface area contributed by atoms with Gasteiger partial charge in [0.2, 0.25) is 5.91 Å². The van der Waals surface area contributed by atoms with Crippen LogP contribution in [0, 0.1) is 0 Å². The molecule has 2 fully saturated rings. The molecule has 2 rings (SSSR count). The lowest BCUT2D eigenvalue weighted by molar-refractivity contribution is -0.145. The van der Waals surface area contributed by atoms with Gasteiger partial charge in [0.05, 0.1) is 18.8 Å². The maximum Gasteiger partial charge on any atom is 0.248 e. The predicted octanol–water partition coefficient (Wildman–Crippen LogP) is -1.02. The molecule has 0 unspecified atom stereocenters. The summed E-state index contributed by atoms with van der Waals surface area (Å²) >= 11 is 0. The highest BCUT2D eigenvalue weighted by atomic mass is 16.5. The molecule has 2 heterocycles. The highest BCUT2D eigenvalue weighted by Crippen LogP contribution is 2.20. The van der Waals surface area contributed by atoms with Crippen LogP contribution in [-0.2, 0) is 9.53 Å². The summed E-state index contributed by atoms with van der Waals surface area (Å²) in [7, 11) is 0. The molecule has 0 radical (unpaired) electrons. The molecule has 1 N–H and O–H groups in total. The summed E-state index contributed by atoms with van der Waals surface area (Å²) in [4.78, 5) is 12.8. The Balaban J connectivity index is 2.09. The van der Waals surface area contributed by atoms with Crippen LogP contribution in [0.1, 0.15) is 6.42 Å². The molecule has 0 saturated carbocycles. The smallest absolute Gasteiger partial charge is 0.248 e. The van der Waals surface area contributed by atoms with E-state index in [0.717, 1.165) is 0 Å². The van der Waals surface area contributed by atoms with Crippen molar-refractivity contribution in [3.8, 4) is 0 Å². The summed E-state index contributed by atoms with van der Waals surface area (Å²) in [6, 6.07) is 0.131. The number of carbonyl (C=O) groups excluding carboxylic acids is 1. The fourth-order valence-corrected chi connectivity index (χ4v) is 1.72. The van der Waals surface area contributed by atoms with Gasteiger partial charge in [-0.2, -0.15) is 0 Å². The zero-order valence-corrected chi connectivity index (χ0v) is 6.19. The van der Waals surface area contributed by atoms with Gasteiger partial charge < -0.3 is 14.7 Å². The van der Waals surface area contributed by atoms with Crippen molar-refractivity contribution < 1.29 is 14.6 Å². The minimum atomic E-state index is -0.342. The summed E-state index contributed by atoms with van der Waals surface area (Å²) in [5, 5.41) is 9.23. The Morgan fingerprint density at radius 1 is 1.64 bits per heavy atom. The quantitative estimate of drug-likeness (QED) is 0.489. The van der Waals surface area contributed by atoms with Crippen molar-refractivity contribution in [2.75, 3.05) is 19.8 Å². The molecule has 0 spiro atoms. The third-order valence-electron chi connectivity index (χ3n) is 2.25. The van der Waals surface area contributed by atoms with E-state index in [1.54, 1.807) is 4.90 Å². The topological polar surface area (TPSA) is 49.8 Å². The number of rotatable bonds is 0. The Morgan fingerprint density at radius 2 is 2.45 bits per heavy atom. The Labute approximate surface area is 64.7 Å². The first-order chi connectivity index (χ1) is 5.27. The molecule has 4 nitrogen and oxygen atoms in total. The SMILES string of the molecule is O=C1COC[C@H]2C[C@@H](O)CN12. The summed E-state index contributed by atoms with van der Waals surface area (Å²) in [6.45, 7) is 1.26. The predicted molar refractivity (Wildman–Crippen MR) is 36.9 cm³/mol. The van der Waals surface area contributed by atoms with Gasteiger partial charge in [-0.1, -0.05) is 0 Å². The number of hydrogen-bond donors (Lipinski definition) is 1. The second-order valence-corrected chi connectivity index (χ2v) is 3.10. The van der Waals surface area contributed by atoms with Gasteiger partial charge >= 0.3 is 0 Å². The number of aliphatic hydroxyl groups is 1. The van der Waals surface area contributed by atoms with Crippen molar-refractivity contribution in [2.45, 2.75) is 18.6 Å². The van der Waals surface area contributed by atoms with Crippen molar-refractivity contribution in [1.29, 1.82) is 0 Å². The van der Waals surface area contributed by atoms with E-state index < -0.39 is 0 Å². The van der Waals surface area contributed by atoms with Crippen molar-refractivity contribution in [2.24, 2.45) is 0 Å². The average molecular weight is 157 g/mol. The number of carbonyl (C=O) groups is 1. The van der Waals surface area contributed by atoms with Crippen LogP contribution in [0.4, 0.5) is 0 Å². The van der Waals surface area contributed by atoms with Gasteiger partial charge in [0.1, 0.15) is 6.61 Å². The van der Waals surface area contributed by atoms with Crippen molar-refractivity contribution in [1.82, 2.24) is 4.90 Å². The van der Waals surface area contributed by atoms with Crippen LogP contribution in [0.2, 0.25) is 0 Å². The zero-order chi connectivity index (χ0) is 7.84. The lowest BCUT2D eigenvalue weighted by Gasteiger charge is -2.28. The van der Waals surface area contributed by atoms with E-state index in [9.17, 15) is 9.90 Å². The first-order valence-corrected chi connectivity index (χ1v) is 3.82. The molecule has 2 atom stereocenters. The van der Waals surface area contributed by atoms with E-state index in [-0.39, 0.29) is 24.7 Å². The summed E-state index contributed by atoms with van der Waals surface area (Å²) in [5.74, 6) is 0.0119. The largest absolute Gasteiger partial charge is 0.391 e. The summed E-state index contributed by atoms with van der Waals surface area (Å²) < 4.78 is 5.04. The highest BCUT2D eigenvalue weighted by Gasteiger charge is 2.36. The minimum Gasteiger partial charge on any atom is -0.391 e. The second-order valence-electron chi connectivity index (χ2n) is 3.10. The molecule has 0 bridgehead atoms. The van der Waals surface area contributed by atoms with Crippen LogP contribution in [0.5, 0.6) is 0 Å². The molecule has 11 heavy (non-hydrogen) atoms. The van der Waals surface area contributed by atoms with Crippen LogP contribution in [0.25, 0.3) is 0 Å². The number of morpholine rings is 1. The highest BCUT2D eigenvalue weighted by molar-refractivity contribution is 5.78. The van der Waals surface area contributed by atoms with Crippen LogP contribution >= 0.6 is 0 Å². The Kier molecular flexibility index (Phi) is 1.58. The molecule has 2 aliphatic heterocycles. The second kappa shape index (κ2) is 2.46. The van der Waals surface area contributed by atoms with Gasteiger partial charge in [-0.3, -0.25) is 4.79 Å². The monoisotopic (exact) mass is 157 g/mol. The molecule has 2 aliphatic rings. The molecule has 4 heteroatoms. The molecule has 62 valence electrons. The lowest BCUT2D eigenvalue weighted by Crippen LogP contribution is -2.45. The summed E-state index contributed by atoms with van der Waals surface area (Å²) in [5.41, 5.74) is 0. The van der Waals surface area contributed by atoms with E-state index >= 15 is 0 Å². The van der Waals surface area contributed by atoms with Crippen molar-refractivity contribution >= 4 is 5.91 Å². The Hall–Kier alpha value is -0.610. The maximum atomic E-state index is 11.1. The Bertz CT molecular complexity index is 183. The number of nitrogens with zero attached hydrogens (tertiary/aromatic N) is 1. The third kappa shape index (κ3) is 1.12. The van der Waals surface area contributed by atoms with Crippen LogP contribution in [0.3, 0.4) is 0 Å². The number of fused-ring (bicyclic) bond motifs is 1. The van der Waals surface area contributed by atoms with Crippen molar-refractivity contribution in [3.63, 3.8) is 0 Å². The lowest BCUT2D eigenvalue weighted by atomic mass is 10.2. The molecule has 0 aromatic carbocycles. The first-order valence-electron chi connectivity index (χ1n) is 3.82. The van der Waals surface area contributed by atoms with Gasteiger partial charge in [0.15, 0.2) is 0 Å². The first kappa shape index (κ1) is 7.06. The molecule has 2 saturated heterocycles. The van der Waals surface area contributed by atoms with E-state index in [2.05, 4.69) is 0 Å². The molecule has 1 amide bonds. The number of amides is 1. The molecular formula is C7H11NO3. The van der Waals surface area contributed by atoms with Crippen LogP contribution in [0.15, 0.2) is 0 Å². The maximum absolute atomic E-state index is 11.1. The average Bonchev–Trinajstić information content (AvgIpc) is 2.31. The van der Waals surface area contributed by atoms with Gasteiger partial charge in [-0.25, -0.2) is 0 Å². The van der Waals surface area contributed by atoms with Gasteiger partial charge in [-0.05, 0) is 6.42 Å². The van der Waals surface area contributed by atoms with E-state index in [4.69, 9.17) is 4.74 Å². The molecule has 0 aromatic rings. The third-order valence-corrected chi connectivity index (χ3v) is 2.25. The Morgan fingerprint density at radius 3 is 3.18 bits per heavy atom. The van der Waals surface area contributed by atoms with Gasteiger partial charge in [0.25, 0.3) is 0 Å². The molecule has 0 aliphatic carbocycles. The minimum absolute atomic E-state index is 0.0119. The molecule has 0 aromatic heterocycles. The fraction of sp³-hybridized carbons (Fsp3) is 0.857. The van der Waals surface area contributed by atoms with Crippen LogP contribution in [-0.4, -0.2) is 47.8 Å². The normalized spacial score (nSPS) is 37.5. The number of hydrogen-bond acceptors (Lipinski definition) is 3. The fourth-order valence-electron chi connectivity index (χ4n) is 1.72. The van der Waals surface area contributed by atoms with E-state index in [0.29, 0.717) is 19.6 Å². The standard InChI is InChI=1S/C7H11NO3/c9-6-1-5-3-11-4-7(10)8(5)2-6/h5-6,9H,1-4H2/t5-,6-/m1/s1. The molecular weight excluding hydrogens is 146 g/mol. The van der Waals surface area contributed by atoms with E-state index in [1.165, 1.54) is 0 Å². The number of aliphatic hydroxyl groups excluding tert-OH is 1. The van der Waals surface area contributed by atoms with Crippen LogP contribution < -0.4 is 0 Å². The van der Waals surface area contributed by atoms with E-state index in [1.807, 2.05) is 0 Å². The van der Waals surface area contributed by atoms with Gasteiger partial charge in [-0.15, -0.1) is 0 Å². The zero-order valence-electron chi connectivity index (χ0n) is 6.19. The van der Waals surface area contributed by atoms with Gasteiger partial charge in [0, 0.05) is 6.54 Å². The summed E-state index contributed by atoms with van der Waals surface area (Å²) in [6.07, 6.45) is 0.330. The van der Waals surface area contributed by atoms with Crippen molar-refractivity contribution in [3.05, 3.63) is 0 Å². The number of ether oxygens (including phenoxy) is 1.